The third-order valence-corrected chi connectivity index (χ3v) is 27.0. The van der Waals surface area contributed by atoms with Gasteiger partial charge in [-0.25, -0.2) is 26.5 Å². The molecule has 5 aromatic carbocycles. The lowest BCUT2D eigenvalue weighted by Gasteiger charge is -2.38. The normalized spacial score (nSPS) is 20.7. The van der Waals surface area contributed by atoms with Crippen LogP contribution in [0.3, 0.4) is 0 Å². The molecule has 5 amide bonds. The number of hydrogen-bond donors (Lipinski definition) is 5. The van der Waals surface area contributed by atoms with Gasteiger partial charge in [0.15, 0.2) is 0 Å². The van der Waals surface area contributed by atoms with Gasteiger partial charge in [0, 0.05) is 123 Å². The number of sulfonamides is 1. The number of aliphatic hydroxyl groups is 1. The number of aromatic nitrogens is 1. The molecular weight excluding hydrogens is 1460 g/mol. The van der Waals surface area contributed by atoms with Crippen LogP contribution in [0.4, 0.5) is 24.5 Å². The van der Waals surface area contributed by atoms with Crippen molar-refractivity contribution >= 4 is 101 Å². The van der Waals surface area contributed by atoms with Crippen LogP contribution in [-0.2, 0) is 39.0 Å². The first kappa shape index (κ1) is 78.2. The van der Waals surface area contributed by atoms with Crippen molar-refractivity contribution < 1.29 is 59.1 Å². The molecule has 1 saturated carbocycles. The summed E-state index contributed by atoms with van der Waals surface area (Å²) in [5.74, 6) is -2.03. The number of anilines is 2. The van der Waals surface area contributed by atoms with Crippen LogP contribution < -0.4 is 25.6 Å². The summed E-state index contributed by atoms with van der Waals surface area (Å²) in [5.41, 5.74) is 2.93. The Kier molecular flexibility index (Phi) is 24.2. The fourth-order valence-electron chi connectivity index (χ4n) is 15.5. The molecule has 6 aromatic rings. The molecule has 0 radical (unpaired) electrons. The standard InChI is InChI=1S/C78H94ClF3N10O10S4/c1-50(52-16-18-54(19-17-52)71-51(2)83-49-104-71)84-74(97)67-41-62(93)47-92(67)75(98)72(76(3,4)5)86-69(94)14-10-7-11-15-70(95)91-46-60-40-61(91)45-90(60)35-31-58(48-103-63-12-8-6-9-13-63)85-66-29-28-64(42-68(66)105(99,100)78(80,81)82)106(101,102)87-73(96)55-22-26-59(27-23-55)89-38-36-88(37-39-89)44-56-43-77(33-34-77)32-30-65(56)53-20-24-57(79)25-21-53/h6,8-9,12-13,16-29,42,49-50,58,60-62,67,72,85,93H,7,10-11,14-15,30-41,43-48H2,1-5H3,(H,84,97)(H,86,94)(H,87,96)/t50-,58+,60+,61+,62+,67-,72+/m0/s1. The second-order valence-electron chi connectivity index (χ2n) is 30.4. The minimum absolute atomic E-state index is 0.0150. The van der Waals surface area contributed by atoms with Crippen LogP contribution in [0.2, 0.25) is 5.02 Å². The number of halogens is 4. The van der Waals surface area contributed by atoms with E-state index in [4.69, 9.17) is 11.6 Å². The first-order chi connectivity index (χ1) is 50.4. The Labute approximate surface area is 632 Å². The van der Waals surface area contributed by atoms with Gasteiger partial charge < -0.3 is 35.8 Å². The molecule has 568 valence electrons. The highest BCUT2D eigenvalue weighted by Gasteiger charge is 2.50. The summed E-state index contributed by atoms with van der Waals surface area (Å²) in [4.78, 5) is 83.3. The first-order valence-corrected chi connectivity index (χ1v) is 41.8. The number of rotatable bonds is 28. The van der Waals surface area contributed by atoms with E-state index in [-0.39, 0.29) is 61.0 Å². The second kappa shape index (κ2) is 32.8. The maximum absolute atomic E-state index is 14.6. The van der Waals surface area contributed by atoms with Crippen molar-refractivity contribution in [2.75, 3.05) is 74.9 Å². The molecule has 5 N–H and O–H groups in total. The van der Waals surface area contributed by atoms with Gasteiger partial charge in [-0.3, -0.25) is 33.8 Å². The van der Waals surface area contributed by atoms with Gasteiger partial charge in [0.1, 0.15) is 17.0 Å². The predicted octanol–water partition coefficient (Wildman–Crippen LogP) is 12.3. The largest absolute Gasteiger partial charge is 0.501 e. The maximum Gasteiger partial charge on any atom is 0.501 e. The van der Waals surface area contributed by atoms with Crippen LogP contribution in [0.5, 0.6) is 0 Å². The summed E-state index contributed by atoms with van der Waals surface area (Å²) in [7, 11) is -11.1. The summed E-state index contributed by atoms with van der Waals surface area (Å²) >= 11 is 9.19. The number of piperazine rings is 2. The van der Waals surface area contributed by atoms with Crippen LogP contribution in [0.1, 0.15) is 144 Å². The molecule has 2 bridgehead atoms. The molecule has 4 saturated heterocycles. The van der Waals surface area contributed by atoms with E-state index in [9.17, 15) is 59.1 Å². The number of benzene rings is 5. The summed E-state index contributed by atoms with van der Waals surface area (Å²) < 4.78 is 101. The molecule has 5 fully saturated rings. The number of aryl methyl sites for hydroxylation is 1. The summed E-state index contributed by atoms with van der Waals surface area (Å²) in [6, 6.07) is 30.9. The number of hydrogen-bond acceptors (Lipinski definition) is 17. The van der Waals surface area contributed by atoms with Crippen molar-refractivity contribution in [3.05, 3.63) is 160 Å². The topological polar surface area (TPSA) is 251 Å². The van der Waals surface area contributed by atoms with Gasteiger partial charge in [-0.15, -0.1) is 23.1 Å². The molecule has 2 aliphatic carbocycles. The van der Waals surface area contributed by atoms with E-state index in [0.717, 1.165) is 90.0 Å². The van der Waals surface area contributed by atoms with E-state index in [0.29, 0.717) is 68.2 Å². The van der Waals surface area contributed by atoms with Crippen LogP contribution in [0.25, 0.3) is 16.0 Å². The number of unbranched alkanes of at least 4 members (excludes halogenated alkanes) is 2. The van der Waals surface area contributed by atoms with E-state index in [1.54, 1.807) is 29.0 Å². The number of thiazole rings is 1. The van der Waals surface area contributed by atoms with Crippen molar-refractivity contribution in [1.29, 1.82) is 0 Å². The van der Waals surface area contributed by atoms with Crippen molar-refractivity contribution in [1.82, 2.24) is 39.9 Å². The van der Waals surface area contributed by atoms with Gasteiger partial charge in [0.25, 0.3) is 25.8 Å². The van der Waals surface area contributed by atoms with E-state index < -0.39 is 94.3 Å². The Hall–Kier alpha value is -7.37. The lowest BCUT2D eigenvalue weighted by atomic mass is 9.79. The lowest BCUT2D eigenvalue weighted by molar-refractivity contribution is -0.144. The number of nitrogens with one attached hydrogen (secondary N) is 4. The van der Waals surface area contributed by atoms with E-state index in [2.05, 4.69) is 47.8 Å². The molecule has 12 rings (SSSR count). The zero-order valence-electron chi connectivity index (χ0n) is 60.4. The quantitative estimate of drug-likeness (QED) is 0.0226. The summed E-state index contributed by atoms with van der Waals surface area (Å²) in [5, 5.41) is 20.5. The Morgan fingerprint density at radius 2 is 1.48 bits per heavy atom. The number of thioether (sulfide) groups is 1. The van der Waals surface area contributed by atoms with Gasteiger partial charge in [-0.1, -0.05) is 99.0 Å². The molecule has 6 aliphatic rings. The fraction of sp³-hybridized carbons (Fsp3) is 0.487. The number of carbonyl (C=O) groups excluding carboxylic acids is 5. The SMILES string of the molecule is Cc1ncsc1-c1ccc([C@H](C)NC(=O)[C@@H]2C[C@@H](O)CN2C(=O)[C@@H](NC(=O)CCCCCC(=O)N2C[C@H]3C[C@@H]2CN3CC[C@H](CSc2ccccc2)Nc2ccc(S(=O)(=O)NC(=O)c3ccc(N4CCN(CC5=C(c6ccc(Cl)cc6)CCC6(CC6)C5)CC4)cc3)cc2S(=O)(=O)C(F)(F)F)C(C)(C)C)cc1. The molecule has 4 aliphatic heterocycles. The highest BCUT2D eigenvalue weighted by molar-refractivity contribution is 7.99. The average molecular weight is 1550 g/mol. The summed E-state index contributed by atoms with van der Waals surface area (Å²) in [6.45, 7) is 14.6. The highest BCUT2D eigenvalue weighted by atomic mass is 35.5. The number of aliphatic hydroxyl groups excluding tert-OH is 1. The smallest absolute Gasteiger partial charge is 0.391 e. The van der Waals surface area contributed by atoms with Crippen molar-refractivity contribution in [3.8, 4) is 10.4 Å². The molecule has 0 unspecified atom stereocenters. The number of alkyl halides is 3. The molecular formula is C78H94ClF3N10O10S4. The van der Waals surface area contributed by atoms with Gasteiger partial charge in [0.2, 0.25) is 23.6 Å². The van der Waals surface area contributed by atoms with Gasteiger partial charge in [-0.2, -0.15) is 13.2 Å². The minimum Gasteiger partial charge on any atom is -0.391 e. The number of allylic oxidation sites excluding steroid dienone is 1. The number of sulfone groups is 1. The molecule has 28 heteroatoms. The Balaban J connectivity index is 0.612. The number of fused-ring (bicyclic) bond motifs is 2. The molecule has 1 spiro atoms. The third-order valence-electron chi connectivity index (χ3n) is 21.8. The summed E-state index contributed by atoms with van der Waals surface area (Å²) in [6.07, 6.45) is 7.94. The van der Waals surface area contributed by atoms with Crippen molar-refractivity contribution in [3.63, 3.8) is 0 Å². The Bertz CT molecular complexity index is 4440. The van der Waals surface area contributed by atoms with Crippen molar-refractivity contribution in [2.24, 2.45) is 10.8 Å². The number of carbonyl (C=O) groups is 5. The van der Waals surface area contributed by atoms with Crippen LogP contribution in [0, 0.1) is 17.8 Å². The minimum atomic E-state index is -6.18. The second-order valence-corrected chi connectivity index (χ2v) is 36.4. The number of likely N-dealkylation sites (tertiary alicyclic amines) is 3. The van der Waals surface area contributed by atoms with E-state index >= 15 is 0 Å². The zero-order chi connectivity index (χ0) is 75.5. The average Bonchev–Trinajstić information content (AvgIpc) is 1.29. The molecule has 1 aromatic heterocycles. The van der Waals surface area contributed by atoms with Crippen LogP contribution in [0.15, 0.2) is 147 Å². The highest BCUT2D eigenvalue weighted by Crippen LogP contribution is 2.59. The van der Waals surface area contributed by atoms with Crippen molar-refractivity contribution in [2.45, 2.75) is 181 Å². The Morgan fingerprint density at radius 1 is 0.783 bits per heavy atom. The predicted molar refractivity (Wildman–Crippen MR) is 407 cm³/mol. The van der Waals surface area contributed by atoms with Crippen LogP contribution >= 0.6 is 34.7 Å². The van der Waals surface area contributed by atoms with Gasteiger partial charge in [-0.05, 0) is 171 Å². The monoisotopic (exact) mass is 1550 g/mol. The number of nitrogens with zero attached hydrogens (tertiary/aromatic N) is 6. The lowest BCUT2D eigenvalue weighted by Crippen LogP contribution is -2.57. The van der Waals surface area contributed by atoms with Gasteiger partial charge >= 0.3 is 5.51 Å². The van der Waals surface area contributed by atoms with Crippen LogP contribution in [-0.4, -0.2) is 183 Å². The zero-order valence-corrected chi connectivity index (χ0v) is 64.4. The van der Waals surface area contributed by atoms with Gasteiger partial charge in [0.05, 0.1) is 38.8 Å². The number of β-amino-alcohol motifs (C(OH)–C–C–N with tert-alkyl or cyclic N) is 1. The maximum atomic E-state index is 14.6. The molecule has 106 heavy (non-hydrogen) atoms. The molecule has 20 nitrogen and oxygen atoms in total. The first-order valence-electron chi connectivity index (χ1n) is 36.5. The molecule has 7 atom stereocenters. The Morgan fingerprint density at radius 3 is 2.13 bits per heavy atom. The van der Waals surface area contributed by atoms with E-state index in [1.807, 2.05) is 111 Å². The fourth-order valence-corrected chi connectivity index (χ4v) is 19.5. The molecule has 5 heterocycles. The number of amides is 5. The van der Waals surface area contributed by atoms with E-state index in [1.165, 1.54) is 64.8 Å². The third kappa shape index (κ3) is 18.7.